The van der Waals surface area contributed by atoms with E-state index in [-0.39, 0.29) is 12.0 Å². The number of benzene rings is 1. The van der Waals surface area contributed by atoms with E-state index in [1.54, 1.807) is 0 Å². The molecule has 2 aliphatic heterocycles. The molecule has 0 radical (unpaired) electrons. The van der Waals surface area contributed by atoms with Gasteiger partial charge in [-0.05, 0) is 18.1 Å². The summed E-state index contributed by atoms with van der Waals surface area (Å²) >= 11 is 0. The third-order valence-corrected chi connectivity index (χ3v) is 4.67. The van der Waals surface area contributed by atoms with Crippen molar-refractivity contribution in [3.63, 3.8) is 0 Å². The summed E-state index contributed by atoms with van der Waals surface area (Å²) in [6, 6.07) is 8.53. The van der Waals surface area contributed by atoms with Crippen LogP contribution in [0, 0.1) is 5.41 Å². The van der Waals surface area contributed by atoms with Gasteiger partial charge in [0.25, 0.3) is 0 Å². The van der Waals surface area contributed by atoms with Gasteiger partial charge in [-0.25, -0.2) is 0 Å². The van der Waals surface area contributed by atoms with E-state index in [0.717, 1.165) is 26.1 Å². The van der Waals surface area contributed by atoms with Crippen LogP contribution in [0.3, 0.4) is 0 Å². The van der Waals surface area contributed by atoms with Gasteiger partial charge in [-0.1, -0.05) is 18.2 Å². The topological polar surface area (TPSA) is 48.5 Å². The van der Waals surface area contributed by atoms with Crippen LogP contribution >= 0.6 is 0 Å². The fourth-order valence-electron chi connectivity index (χ4n) is 3.48. The second-order valence-corrected chi connectivity index (χ2v) is 6.24. The van der Waals surface area contributed by atoms with Gasteiger partial charge in [0.15, 0.2) is 0 Å². The number of nitrogens with zero attached hydrogens (tertiary/aromatic N) is 1. The summed E-state index contributed by atoms with van der Waals surface area (Å²) in [6.45, 7) is 4.56. The lowest BCUT2D eigenvalue weighted by molar-refractivity contribution is -0.149. The van der Waals surface area contributed by atoms with Crippen molar-refractivity contribution in [2.75, 3.05) is 32.9 Å². The smallest absolute Gasteiger partial charge is 0.0579 e. The maximum atomic E-state index is 9.56. The lowest BCUT2D eigenvalue weighted by atomic mass is 9.85. The molecule has 4 rings (SSSR count). The van der Waals surface area contributed by atoms with Gasteiger partial charge in [0.05, 0.1) is 25.2 Å². The van der Waals surface area contributed by atoms with Gasteiger partial charge in [0, 0.05) is 36.2 Å². The molecule has 4 heteroatoms. The van der Waals surface area contributed by atoms with Crippen LogP contribution in [0.5, 0.6) is 0 Å². The van der Waals surface area contributed by atoms with Crippen LogP contribution in [-0.4, -0.2) is 47.9 Å². The van der Waals surface area contributed by atoms with E-state index in [4.69, 9.17) is 4.74 Å². The molecule has 0 bridgehead atoms. The Balaban J connectivity index is 1.57. The highest BCUT2D eigenvalue weighted by atomic mass is 16.5. The molecule has 0 aliphatic carbocycles. The van der Waals surface area contributed by atoms with Crippen LogP contribution in [0.1, 0.15) is 11.3 Å². The molecule has 1 aromatic carbocycles. The van der Waals surface area contributed by atoms with E-state index in [9.17, 15) is 5.11 Å². The van der Waals surface area contributed by atoms with E-state index in [1.807, 2.05) is 0 Å². The van der Waals surface area contributed by atoms with Crippen LogP contribution in [-0.2, 0) is 17.7 Å². The molecule has 0 amide bonds. The Morgan fingerprint density at radius 1 is 1.30 bits per heavy atom. The number of aliphatic hydroxyl groups excluding tert-OH is 1. The number of nitrogens with one attached hydrogen (secondary N) is 1. The molecule has 1 fully saturated rings. The molecule has 1 saturated heterocycles. The minimum absolute atomic E-state index is 0.0243. The first-order valence-electron chi connectivity index (χ1n) is 7.29. The first kappa shape index (κ1) is 12.4. The number of ether oxygens (including phenoxy) is 1. The molecule has 0 saturated carbocycles. The van der Waals surface area contributed by atoms with E-state index < -0.39 is 0 Å². The lowest BCUT2D eigenvalue weighted by Crippen LogP contribution is -2.53. The molecule has 3 heterocycles. The zero-order valence-electron chi connectivity index (χ0n) is 11.6. The fourth-order valence-corrected chi connectivity index (χ4v) is 3.48. The minimum atomic E-state index is -0.0243. The van der Waals surface area contributed by atoms with Gasteiger partial charge < -0.3 is 14.8 Å². The summed E-state index contributed by atoms with van der Waals surface area (Å²) < 4.78 is 5.29. The standard InChI is InChI=1S/C16H20N2O2/c19-9-16(10-20-11-16)8-18-6-5-13-12-3-1-2-4-14(12)17-15(13)7-18/h1-4,17,19H,5-11H2. The van der Waals surface area contributed by atoms with Crippen molar-refractivity contribution in [3.05, 3.63) is 35.5 Å². The third-order valence-electron chi connectivity index (χ3n) is 4.67. The summed E-state index contributed by atoms with van der Waals surface area (Å²) in [6.07, 6.45) is 1.09. The molecule has 0 spiro atoms. The molecule has 0 atom stereocenters. The predicted octanol–water partition coefficient (Wildman–Crippen LogP) is 1.53. The zero-order valence-corrected chi connectivity index (χ0v) is 11.6. The van der Waals surface area contributed by atoms with Gasteiger partial charge >= 0.3 is 0 Å². The van der Waals surface area contributed by atoms with Crippen LogP contribution in [0.2, 0.25) is 0 Å². The number of aromatic nitrogens is 1. The Morgan fingerprint density at radius 2 is 2.15 bits per heavy atom. The van der Waals surface area contributed by atoms with Crippen LogP contribution in [0.25, 0.3) is 10.9 Å². The van der Waals surface area contributed by atoms with Crippen LogP contribution < -0.4 is 0 Å². The predicted molar refractivity (Wildman–Crippen MR) is 77.6 cm³/mol. The highest BCUT2D eigenvalue weighted by molar-refractivity contribution is 5.84. The Morgan fingerprint density at radius 3 is 2.90 bits per heavy atom. The van der Waals surface area contributed by atoms with Crippen molar-refractivity contribution >= 4 is 10.9 Å². The van der Waals surface area contributed by atoms with Crippen molar-refractivity contribution in [1.29, 1.82) is 0 Å². The molecule has 0 unspecified atom stereocenters. The van der Waals surface area contributed by atoms with Crippen molar-refractivity contribution in [1.82, 2.24) is 9.88 Å². The molecule has 1 aromatic heterocycles. The van der Waals surface area contributed by atoms with Gasteiger partial charge in [-0.15, -0.1) is 0 Å². The number of para-hydroxylation sites is 1. The number of fused-ring (bicyclic) bond motifs is 3. The summed E-state index contributed by atoms with van der Waals surface area (Å²) in [5.74, 6) is 0. The maximum Gasteiger partial charge on any atom is 0.0579 e. The van der Waals surface area contributed by atoms with Gasteiger partial charge in [0.2, 0.25) is 0 Å². The van der Waals surface area contributed by atoms with Crippen molar-refractivity contribution in [2.45, 2.75) is 13.0 Å². The molecule has 2 N–H and O–H groups in total. The summed E-state index contributed by atoms with van der Waals surface area (Å²) in [5, 5.41) is 10.9. The van der Waals surface area contributed by atoms with E-state index >= 15 is 0 Å². The van der Waals surface area contributed by atoms with E-state index in [2.05, 4.69) is 34.1 Å². The van der Waals surface area contributed by atoms with Crippen molar-refractivity contribution in [3.8, 4) is 0 Å². The number of H-pyrrole nitrogens is 1. The monoisotopic (exact) mass is 272 g/mol. The molecular formula is C16H20N2O2. The highest BCUT2D eigenvalue weighted by Crippen LogP contribution is 2.32. The van der Waals surface area contributed by atoms with Gasteiger partial charge in [0.1, 0.15) is 0 Å². The fraction of sp³-hybridized carbons (Fsp3) is 0.500. The van der Waals surface area contributed by atoms with E-state index in [1.165, 1.54) is 22.2 Å². The number of hydrogen-bond acceptors (Lipinski definition) is 3. The Kier molecular flexibility index (Phi) is 2.84. The van der Waals surface area contributed by atoms with E-state index in [0.29, 0.717) is 13.2 Å². The average molecular weight is 272 g/mol. The number of aliphatic hydroxyl groups is 1. The average Bonchev–Trinajstić information content (AvgIpc) is 2.80. The first-order valence-corrected chi connectivity index (χ1v) is 7.29. The Labute approximate surface area is 118 Å². The summed E-state index contributed by atoms with van der Waals surface area (Å²) in [4.78, 5) is 5.99. The number of aromatic amines is 1. The van der Waals surface area contributed by atoms with Crippen molar-refractivity contribution in [2.24, 2.45) is 5.41 Å². The van der Waals surface area contributed by atoms with Gasteiger partial charge in [-0.2, -0.15) is 0 Å². The molecule has 106 valence electrons. The second-order valence-electron chi connectivity index (χ2n) is 6.24. The summed E-state index contributed by atoms with van der Waals surface area (Å²) in [7, 11) is 0. The number of rotatable bonds is 3. The maximum absolute atomic E-state index is 9.56. The lowest BCUT2D eigenvalue weighted by Gasteiger charge is -2.44. The number of hydrogen-bond donors (Lipinski definition) is 2. The SMILES string of the molecule is OCC1(CN2CCc3c([nH]c4ccccc34)C2)COC1. The van der Waals surface area contributed by atoms with Crippen LogP contribution in [0.4, 0.5) is 0 Å². The van der Waals surface area contributed by atoms with Crippen LogP contribution in [0.15, 0.2) is 24.3 Å². The highest BCUT2D eigenvalue weighted by Gasteiger charge is 2.40. The third kappa shape index (κ3) is 1.87. The molecule has 20 heavy (non-hydrogen) atoms. The zero-order chi connectivity index (χ0) is 13.6. The molecule has 4 nitrogen and oxygen atoms in total. The molecule has 2 aromatic rings. The quantitative estimate of drug-likeness (QED) is 0.891. The molecule has 2 aliphatic rings. The summed E-state index contributed by atoms with van der Waals surface area (Å²) in [5.41, 5.74) is 4.03. The Bertz CT molecular complexity index is 625. The largest absolute Gasteiger partial charge is 0.396 e. The normalized spacial score (nSPS) is 21.6. The van der Waals surface area contributed by atoms with Crippen molar-refractivity contribution < 1.29 is 9.84 Å². The minimum Gasteiger partial charge on any atom is -0.396 e. The Hall–Kier alpha value is -1.36. The second kappa shape index (κ2) is 4.58. The first-order chi connectivity index (χ1) is 9.80. The molecular weight excluding hydrogens is 252 g/mol. The van der Waals surface area contributed by atoms with Gasteiger partial charge in [-0.3, -0.25) is 4.90 Å².